The van der Waals surface area contributed by atoms with Crippen LogP contribution in [0.15, 0.2) is 54.6 Å². The number of methoxy groups -OCH3 is 1. The number of rotatable bonds is 4. The number of likely N-dealkylation sites (tertiary alicyclic amines) is 1. The van der Waals surface area contributed by atoms with E-state index in [1.165, 1.54) is 12.0 Å². The zero-order valence-electron chi connectivity index (χ0n) is 14.8. The lowest BCUT2D eigenvalue weighted by atomic mass is 10.0. The Bertz CT molecular complexity index is 670. The highest BCUT2D eigenvalue weighted by molar-refractivity contribution is 5.74. The fraction of sp³-hybridized carbons (Fsp3) is 0.381. The van der Waals surface area contributed by atoms with Crippen LogP contribution in [-0.4, -0.2) is 24.6 Å². The van der Waals surface area contributed by atoms with Crippen molar-refractivity contribution in [2.45, 2.75) is 38.3 Å². The van der Waals surface area contributed by atoms with Crippen molar-refractivity contribution in [2.75, 3.05) is 13.7 Å². The van der Waals surface area contributed by atoms with E-state index in [4.69, 9.17) is 4.74 Å². The van der Waals surface area contributed by atoms with Gasteiger partial charge in [0, 0.05) is 13.1 Å². The molecule has 1 aliphatic heterocycles. The van der Waals surface area contributed by atoms with E-state index >= 15 is 0 Å². The molecule has 1 N–H and O–H groups in total. The predicted molar refractivity (Wildman–Crippen MR) is 99.6 cm³/mol. The first-order chi connectivity index (χ1) is 12.3. The third-order valence-corrected chi connectivity index (χ3v) is 4.80. The van der Waals surface area contributed by atoms with Crippen molar-refractivity contribution in [3.63, 3.8) is 0 Å². The number of nitrogens with one attached hydrogen (secondary N) is 1. The van der Waals surface area contributed by atoms with E-state index in [1.54, 1.807) is 7.11 Å². The van der Waals surface area contributed by atoms with E-state index in [1.807, 2.05) is 47.4 Å². The number of urea groups is 1. The third kappa shape index (κ3) is 4.53. The van der Waals surface area contributed by atoms with E-state index in [-0.39, 0.29) is 12.1 Å². The fourth-order valence-electron chi connectivity index (χ4n) is 3.40. The molecule has 0 unspecified atom stereocenters. The highest BCUT2D eigenvalue weighted by Crippen LogP contribution is 2.31. The van der Waals surface area contributed by atoms with Gasteiger partial charge in [0.05, 0.1) is 13.2 Å². The summed E-state index contributed by atoms with van der Waals surface area (Å²) in [4.78, 5) is 14.8. The summed E-state index contributed by atoms with van der Waals surface area (Å²) in [6, 6.07) is 18.3. The molecule has 132 valence electrons. The molecule has 0 bridgehead atoms. The average Bonchev–Trinajstić information content (AvgIpc) is 2.93. The monoisotopic (exact) mass is 338 g/mol. The summed E-state index contributed by atoms with van der Waals surface area (Å²) >= 11 is 0. The van der Waals surface area contributed by atoms with Crippen molar-refractivity contribution in [2.24, 2.45) is 0 Å². The third-order valence-electron chi connectivity index (χ3n) is 4.80. The Morgan fingerprint density at radius 3 is 2.56 bits per heavy atom. The summed E-state index contributed by atoms with van der Waals surface area (Å²) in [6.45, 7) is 1.36. The molecule has 2 aromatic rings. The molecular weight excluding hydrogens is 312 g/mol. The van der Waals surface area contributed by atoms with Gasteiger partial charge in [0.2, 0.25) is 0 Å². The quantitative estimate of drug-likeness (QED) is 0.890. The molecule has 4 heteroatoms. The number of hydrogen-bond donors (Lipinski definition) is 1. The van der Waals surface area contributed by atoms with Crippen molar-refractivity contribution < 1.29 is 9.53 Å². The van der Waals surface area contributed by atoms with Crippen LogP contribution in [0.25, 0.3) is 0 Å². The highest BCUT2D eigenvalue weighted by atomic mass is 16.5. The number of carbonyl (C=O) groups excluding carboxylic acids is 1. The standard InChI is InChI=1S/C21H26N2O2/c1-25-19-13-11-18(12-14-19)20-10-6-3-7-15-23(20)21(24)22-16-17-8-4-2-5-9-17/h2,4-5,8-9,11-14,20H,3,6-7,10,15-16H2,1H3,(H,22,24)/t20-/m1/s1. The maximum atomic E-state index is 12.8. The molecule has 0 radical (unpaired) electrons. The Morgan fingerprint density at radius 1 is 1.08 bits per heavy atom. The predicted octanol–water partition coefficient (Wildman–Crippen LogP) is 4.52. The van der Waals surface area contributed by atoms with Crippen LogP contribution in [-0.2, 0) is 6.54 Å². The van der Waals surface area contributed by atoms with Gasteiger partial charge in [-0.05, 0) is 36.1 Å². The molecule has 0 spiro atoms. The van der Waals surface area contributed by atoms with Crippen LogP contribution in [0.4, 0.5) is 4.79 Å². The molecule has 1 atom stereocenters. The molecule has 3 rings (SSSR count). The van der Waals surface area contributed by atoms with Crippen LogP contribution < -0.4 is 10.1 Å². The van der Waals surface area contributed by atoms with Crippen LogP contribution in [0.1, 0.15) is 42.9 Å². The maximum Gasteiger partial charge on any atom is 0.318 e. The SMILES string of the molecule is COc1ccc([C@H]2CCCCCN2C(=O)NCc2ccccc2)cc1. The van der Waals surface area contributed by atoms with Gasteiger partial charge in [0.1, 0.15) is 5.75 Å². The number of hydrogen-bond acceptors (Lipinski definition) is 2. The first-order valence-corrected chi connectivity index (χ1v) is 9.00. The van der Waals surface area contributed by atoms with Gasteiger partial charge in [-0.1, -0.05) is 55.3 Å². The van der Waals surface area contributed by atoms with Gasteiger partial charge in [0.25, 0.3) is 0 Å². The molecule has 0 saturated carbocycles. The minimum Gasteiger partial charge on any atom is -0.497 e. The van der Waals surface area contributed by atoms with Gasteiger partial charge in [0.15, 0.2) is 0 Å². The maximum absolute atomic E-state index is 12.8. The number of amides is 2. The molecule has 1 aliphatic rings. The van der Waals surface area contributed by atoms with Crippen molar-refractivity contribution in [1.82, 2.24) is 10.2 Å². The van der Waals surface area contributed by atoms with Crippen molar-refractivity contribution in [3.05, 3.63) is 65.7 Å². The lowest BCUT2D eigenvalue weighted by molar-refractivity contribution is 0.175. The zero-order valence-corrected chi connectivity index (χ0v) is 14.8. The molecule has 2 aromatic carbocycles. The highest BCUT2D eigenvalue weighted by Gasteiger charge is 2.26. The molecule has 0 aromatic heterocycles. The van der Waals surface area contributed by atoms with Crippen LogP contribution in [0, 0.1) is 0 Å². The average molecular weight is 338 g/mol. The van der Waals surface area contributed by atoms with Crippen molar-refractivity contribution in [1.29, 1.82) is 0 Å². The molecule has 4 nitrogen and oxygen atoms in total. The molecule has 1 fully saturated rings. The van der Waals surface area contributed by atoms with E-state index in [0.717, 1.165) is 37.1 Å². The zero-order chi connectivity index (χ0) is 17.5. The number of ether oxygens (including phenoxy) is 1. The molecule has 0 aliphatic carbocycles. The summed E-state index contributed by atoms with van der Waals surface area (Å²) in [6.07, 6.45) is 4.39. The second-order valence-electron chi connectivity index (χ2n) is 6.48. The van der Waals surface area contributed by atoms with Gasteiger partial charge in [-0.2, -0.15) is 0 Å². The minimum atomic E-state index is 0.0200. The second-order valence-corrected chi connectivity index (χ2v) is 6.48. The van der Waals surface area contributed by atoms with Gasteiger partial charge in [-0.25, -0.2) is 4.79 Å². The van der Waals surface area contributed by atoms with Crippen molar-refractivity contribution >= 4 is 6.03 Å². The van der Waals surface area contributed by atoms with Crippen LogP contribution in [0.5, 0.6) is 5.75 Å². The number of carbonyl (C=O) groups is 1. The largest absolute Gasteiger partial charge is 0.497 e. The molecule has 25 heavy (non-hydrogen) atoms. The van der Waals surface area contributed by atoms with Crippen LogP contribution in [0.2, 0.25) is 0 Å². The Kier molecular flexibility index (Phi) is 5.94. The number of nitrogens with zero attached hydrogens (tertiary/aromatic N) is 1. The summed E-state index contributed by atoms with van der Waals surface area (Å²) in [5.41, 5.74) is 2.30. The van der Waals surface area contributed by atoms with Crippen LogP contribution >= 0.6 is 0 Å². The second kappa shape index (κ2) is 8.56. The smallest absolute Gasteiger partial charge is 0.318 e. The first kappa shape index (κ1) is 17.3. The Labute approximate surface area is 149 Å². The summed E-state index contributed by atoms with van der Waals surface area (Å²) in [5, 5.41) is 3.08. The Hall–Kier alpha value is -2.49. The normalized spacial score (nSPS) is 17.6. The first-order valence-electron chi connectivity index (χ1n) is 9.00. The molecule has 1 saturated heterocycles. The summed E-state index contributed by atoms with van der Waals surface area (Å²) < 4.78 is 5.25. The Morgan fingerprint density at radius 2 is 1.84 bits per heavy atom. The Balaban J connectivity index is 1.71. The lowest BCUT2D eigenvalue weighted by Crippen LogP contribution is -2.41. The van der Waals surface area contributed by atoms with E-state index in [0.29, 0.717) is 6.54 Å². The summed E-state index contributed by atoms with van der Waals surface area (Å²) in [7, 11) is 1.67. The minimum absolute atomic E-state index is 0.0200. The van der Waals surface area contributed by atoms with E-state index < -0.39 is 0 Å². The lowest BCUT2D eigenvalue weighted by Gasteiger charge is -2.30. The van der Waals surface area contributed by atoms with Crippen LogP contribution in [0.3, 0.4) is 0 Å². The molecule has 2 amide bonds. The topological polar surface area (TPSA) is 41.6 Å². The van der Waals surface area contributed by atoms with Crippen molar-refractivity contribution in [3.8, 4) is 5.75 Å². The fourth-order valence-corrected chi connectivity index (χ4v) is 3.40. The van der Waals surface area contributed by atoms with E-state index in [2.05, 4.69) is 17.4 Å². The van der Waals surface area contributed by atoms with E-state index in [9.17, 15) is 4.79 Å². The summed E-state index contributed by atoms with van der Waals surface area (Å²) in [5.74, 6) is 0.845. The molecule has 1 heterocycles. The number of benzene rings is 2. The van der Waals surface area contributed by atoms with Gasteiger partial charge >= 0.3 is 6.03 Å². The van der Waals surface area contributed by atoms with Gasteiger partial charge in [-0.15, -0.1) is 0 Å². The van der Waals surface area contributed by atoms with Gasteiger partial charge in [-0.3, -0.25) is 0 Å². The van der Waals surface area contributed by atoms with Gasteiger partial charge < -0.3 is 15.0 Å². The molecular formula is C21H26N2O2.